The average molecular weight is 484 g/mol. The summed E-state index contributed by atoms with van der Waals surface area (Å²) in [6, 6.07) is 13.0. The number of hydrogen-bond acceptors (Lipinski definition) is 7. The summed E-state index contributed by atoms with van der Waals surface area (Å²) in [5.74, 6) is -0.483. The molecule has 2 aromatic carbocycles. The van der Waals surface area contributed by atoms with Gasteiger partial charge in [-0.15, -0.1) is 11.3 Å². The number of amides is 1. The zero-order valence-electron chi connectivity index (χ0n) is 17.6. The minimum atomic E-state index is -0.668. The standard InChI is InChI=1S/C23H18ClN3O5S/c1-3-32-23(30)19-17-12-33-21(25-20(28)13-4-6-14(24)7-5-13)18(17)22(29)27(26-19)15-8-10-16(31-2)11-9-15/h4-12H,3H2,1-2H3,(H,25,28). The van der Waals surface area contributed by atoms with E-state index < -0.39 is 17.4 Å². The molecule has 33 heavy (non-hydrogen) atoms. The third-order valence-corrected chi connectivity index (χ3v) is 5.92. The Balaban J connectivity index is 1.86. The van der Waals surface area contributed by atoms with Crippen LogP contribution in [0.5, 0.6) is 5.75 Å². The van der Waals surface area contributed by atoms with E-state index in [2.05, 4.69) is 10.4 Å². The number of nitrogens with one attached hydrogen (secondary N) is 1. The Labute approximate surface area is 197 Å². The Hall–Kier alpha value is -3.69. The summed E-state index contributed by atoms with van der Waals surface area (Å²) in [6.45, 7) is 1.83. The molecule has 0 spiro atoms. The highest BCUT2D eigenvalue weighted by molar-refractivity contribution is 7.16. The topological polar surface area (TPSA) is 99.5 Å². The summed E-state index contributed by atoms with van der Waals surface area (Å²) >= 11 is 7.02. The number of nitrogens with zero attached hydrogens (tertiary/aromatic N) is 2. The quantitative estimate of drug-likeness (QED) is 0.404. The van der Waals surface area contributed by atoms with Gasteiger partial charge in [-0.25, -0.2) is 4.79 Å². The molecular weight excluding hydrogens is 466 g/mol. The van der Waals surface area contributed by atoms with Gasteiger partial charge in [0.1, 0.15) is 10.8 Å². The lowest BCUT2D eigenvalue weighted by molar-refractivity contribution is 0.0520. The third kappa shape index (κ3) is 4.46. The van der Waals surface area contributed by atoms with Crippen LogP contribution in [0.4, 0.5) is 5.00 Å². The van der Waals surface area contributed by atoms with Crippen LogP contribution in [0.2, 0.25) is 5.02 Å². The van der Waals surface area contributed by atoms with Crippen molar-refractivity contribution in [2.75, 3.05) is 19.0 Å². The average Bonchev–Trinajstić information content (AvgIpc) is 3.24. The number of anilines is 1. The number of rotatable bonds is 6. The molecule has 10 heteroatoms. The predicted octanol–water partition coefficient (Wildman–Crippen LogP) is 4.54. The molecule has 0 unspecified atom stereocenters. The highest BCUT2D eigenvalue weighted by Gasteiger charge is 2.23. The van der Waals surface area contributed by atoms with E-state index in [1.165, 1.54) is 7.11 Å². The lowest BCUT2D eigenvalue weighted by Gasteiger charge is -2.10. The molecule has 0 bridgehead atoms. The molecular formula is C23H18ClN3O5S. The van der Waals surface area contributed by atoms with Crippen LogP contribution in [-0.2, 0) is 4.74 Å². The summed E-state index contributed by atoms with van der Waals surface area (Å²) in [7, 11) is 1.53. The Morgan fingerprint density at radius 2 is 1.82 bits per heavy atom. The van der Waals surface area contributed by atoms with Crippen molar-refractivity contribution in [3.63, 3.8) is 0 Å². The number of aromatic nitrogens is 2. The predicted molar refractivity (Wildman–Crippen MR) is 127 cm³/mol. The Kier molecular flexibility index (Phi) is 6.43. The van der Waals surface area contributed by atoms with Crippen LogP contribution in [0.3, 0.4) is 0 Å². The summed E-state index contributed by atoms with van der Waals surface area (Å²) < 4.78 is 11.4. The van der Waals surface area contributed by atoms with Crippen molar-refractivity contribution in [1.29, 1.82) is 0 Å². The van der Waals surface area contributed by atoms with Gasteiger partial charge in [-0.2, -0.15) is 9.78 Å². The van der Waals surface area contributed by atoms with E-state index in [0.29, 0.717) is 32.4 Å². The van der Waals surface area contributed by atoms with Crippen LogP contribution in [0.1, 0.15) is 27.8 Å². The Bertz CT molecular complexity index is 1390. The first-order chi connectivity index (χ1) is 15.9. The number of methoxy groups -OCH3 is 1. The van der Waals surface area contributed by atoms with Crippen molar-refractivity contribution in [3.8, 4) is 11.4 Å². The minimum Gasteiger partial charge on any atom is -0.497 e. The van der Waals surface area contributed by atoms with Crippen molar-refractivity contribution in [2.45, 2.75) is 6.92 Å². The number of carbonyl (C=O) groups excluding carboxylic acids is 2. The van der Waals surface area contributed by atoms with Gasteiger partial charge in [-0.1, -0.05) is 11.6 Å². The molecule has 0 aliphatic carbocycles. The van der Waals surface area contributed by atoms with E-state index in [4.69, 9.17) is 21.1 Å². The Morgan fingerprint density at radius 3 is 2.45 bits per heavy atom. The van der Waals surface area contributed by atoms with Crippen molar-refractivity contribution < 1.29 is 19.1 Å². The van der Waals surface area contributed by atoms with Gasteiger partial charge in [0.25, 0.3) is 11.5 Å². The fraction of sp³-hybridized carbons (Fsp3) is 0.130. The number of hydrogen-bond donors (Lipinski definition) is 1. The fourth-order valence-electron chi connectivity index (χ4n) is 3.17. The first kappa shape index (κ1) is 22.5. The van der Waals surface area contributed by atoms with Gasteiger partial charge in [0.15, 0.2) is 5.69 Å². The fourth-order valence-corrected chi connectivity index (χ4v) is 4.22. The number of esters is 1. The van der Waals surface area contributed by atoms with Crippen LogP contribution < -0.4 is 15.6 Å². The number of ether oxygens (including phenoxy) is 2. The maximum absolute atomic E-state index is 13.4. The van der Waals surface area contributed by atoms with E-state index in [-0.39, 0.29) is 17.7 Å². The Morgan fingerprint density at radius 1 is 1.12 bits per heavy atom. The second kappa shape index (κ2) is 9.43. The monoisotopic (exact) mass is 483 g/mol. The third-order valence-electron chi connectivity index (χ3n) is 4.77. The van der Waals surface area contributed by atoms with Crippen LogP contribution in [0.25, 0.3) is 16.5 Å². The molecule has 1 N–H and O–H groups in total. The molecule has 0 fully saturated rings. The number of fused-ring (bicyclic) bond motifs is 1. The smallest absolute Gasteiger partial charge is 0.359 e. The number of thiophene rings is 1. The molecule has 0 aliphatic heterocycles. The second-order valence-electron chi connectivity index (χ2n) is 6.80. The molecule has 8 nitrogen and oxygen atoms in total. The largest absolute Gasteiger partial charge is 0.497 e. The summed E-state index contributed by atoms with van der Waals surface area (Å²) in [5.41, 5.74) is 0.284. The highest BCUT2D eigenvalue weighted by Crippen LogP contribution is 2.31. The molecule has 1 amide bonds. The maximum atomic E-state index is 13.4. The number of benzene rings is 2. The molecule has 0 saturated carbocycles. The van der Waals surface area contributed by atoms with Gasteiger partial charge in [0.05, 0.1) is 24.8 Å². The van der Waals surface area contributed by atoms with Crippen LogP contribution in [0.15, 0.2) is 58.7 Å². The van der Waals surface area contributed by atoms with E-state index in [0.717, 1.165) is 16.0 Å². The summed E-state index contributed by atoms with van der Waals surface area (Å²) in [6.07, 6.45) is 0. The molecule has 2 heterocycles. The van der Waals surface area contributed by atoms with Gasteiger partial charge in [0.2, 0.25) is 0 Å². The van der Waals surface area contributed by atoms with Gasteiger partial charge in [-0.3, -0.25) is 9.59 Å². The highest BCUT2D eigenvalue weighted by atomic mass is 35.5. The first-order valence-electron chi connectivity index (χ1n) is 9.86. The SMILES string of the molecule is CCOC(=O)c1nn(-c2ccc(OC)cc2)c(=O)c2c(NC(=O)c3ccc(Cl)cc3)scc12. The molecule has 168 valence electrons. The van der Waals surface area contributed by atoms with E-state index >= 15 is 0 Å². The maximum Gasteiger partial charge on any atom is 0.359 e. The van der Waals surface area contributed by atoms with E-state index in [9.17, 15) is 14.4 Å². The molecule has 4 rings (SSSR count). The zero-order valence-corrected chi connectivity index (χ0v) is 19.2. The van der Waals surface area contributed by atoms with Crippen molar-refractivity contribution in [1.82, 2.24) is 9.78 Å². The van der Waals surface area contributed by atoms with Gasteiger partial charge < -0.3 is 14.8 Å². The zero-order chi connectivity index (χ0) is 23.5. The lowest BCUT2D eigenvalue weighted by atomic mass is 10.2. The second-order valence-corrected chi connectivity index (χ2v) is 8.11. The molecule has 2 aromatic heterocycles. The van der Waals surface area contributed by atoms with Crippen LogP contribution in [0, 0.1) is 0 Å². The first-order valence-corrected chi connectivity index (χ1v) is 11.1. The van der Waals surface area contributed by atoms with Gasteiger partial charge in [-0.05, 0) is 55.5 Å². The number of halogens is 1. The van der Waals surface area contributed by atoms with Gasteiger partial charge in [0, 0.05) is 21.4 Å². The minimum absolute atomic E-state index is 0.0227. The van der Waals surface area contributed by atoms with E-state index in [1.807, 2.05) is 0 Å². The number of carbonyl (C=O) groups is 2. The molecule has 0 aliphatic rings. The normalized spacial score (nSPS) is 10.8. The van der Waals surface area contributed by atoms with Gasteiger partial charge >= 0.3 is 5.97 Å². The van der Waals surface area contributed by atoms with Crippen molar-refractivity contribution in [3.05, 3.63) is 80.5 Å². The summed E-state index contributed by atoms with van der Waals surface area (Å²) in [4.78, 5) is 38.8. The van der Waals surface area contributed by atoms with Crippen molar-refractivity contribution >= 4 is 50.6 Å². The van der Waals surface area contributed by atoms with Crippen LogP contribution in [-0.4, -0.2) is 35.4 Å². The van der Waals surface area contributed by atoms with Crippen molar-refractivity contribution in [2.24, 2.45) is 0 Å². The van der Waals surface area contributed by atoms with Crippen LogP contribution >= 0.6 is 22.9 Å². The lowest BCUT2D eigenvalue weighted by Crippen LogP contribution is -2.25. The summed E-state index contributed by atoms with van der Waals surface area (Å²) in [5, 5.41) is 9.90. The van der Waals surface area contributed by atoms with E-state index in [1.54, 1.807) is 60.8 Å². The molecule has 0 radical (unpaired) electrons. The molecule has 4 aromatic rings. The molecule has 0 atom stereocenters. The molecule has 0 saturated heterocycles.